The van der Waals surface area contributed by atoms with E-state index in [4.69, 9.17) is 15.0 Å². The van der Waals surface area contributed by atoms with Crippen LogP contribution in [-0.2, 0) is 5.41 Å². The van der Waals surface area contributed by atoms with Gasteiger partial charge in [-0.1, -0.05) is 159 Å². The van der Waals surface area contributed by atoms with E-state index in [9.17, 15) is 0 Å². The van der Waals surface area contributed by atoms with E-state index >= 15 is 0 Å². The van der Waals surface area contributed by atoms with Crippen LogP contribution in [0, 0.1) is 23.7 Å². The van der Waals surface area contributed by atoms with Gasteiger partial charge in [-0.05, 0) is 123 Å². The normalized spacial score (nSPS) is 22.0. The highest BCUT2D eigenvalue weighted by atomic mass is 15.0. The lowest BCUT2D eigenvalue weighted by Crippen LogP contribution is -2.49. The standard InChI is InChI=1S/C54H45N3/c1-34-27-36-29-35(2)54(45(28-34)30-36)48-22-12-21-46(50(48)47-32-42-17-9-10-18-43(42)33-49(47)54)53-56-51(40-25-23-39(24-26-40)37-13-5-3-6-14-37)55-52(57-53)44-20-11-19-41(31-44)38-15-7-4-8-16-38/h3-26,31-36,45H,27-30H2,1-2H3. The molecule has 0 aliphatic heterocycles. The van der Waals surface area contributed by atoms with Gasteiger partial charge in [0.15, 0.2) is 17.5 Å². The number of hydrogen-bond donors (Lipinski definition) is 0. The molecule has 0 amide bonds. The summed E-state index contributed by atoms with van der Waals surface area (Å²) in [5.41, 5.74) is 13.3. The molecule has 0 saturated heterocycles. The Morgan fingerprint density at radius 3 is 1.75 bits per heavy atom. The van der Waals surface area contributed by atoms with Crippen molar-refractivity contribution < 1.29 is 0 Å². The molecule has 3 aliphatic rings. The van der Waals surface area contributed by atoms with E-state index in [0.29, 0.717) is 23.5 Å². The van der Waals surface area contributed by atoms with Crippen molar-refractivity contribution in [3.05, 3.63) is 175 Å². The largest absolute Gasteiger partial charge is 0.208 e. The lowest BCUT2D eigenvalue weighted by atomic mass is 9.49. The van der Waals surface area contributed by atoms with Crippen LogP contribution in [0.15, 0.2) is 164 Å². The van der Waals surface area contributed by atoms with Crippen LogP contribution >= 0.6 is 0 Å². The molecule has 2 saturated carbocycles. The molecule has 11 rings (SSSR count). The van der Waals surface area contributed by atoms with Gasteiger partial charge in [0.1, 0.15) is 0 Å². The second-order valence-corrected chi connectivity index (χ2v) is 17.1. The maximum Gasteiger partial charge on any atom is 0.164 e. The summed E-state index contributed by atoms with van der Waals surface area (Å²) in [5.74, 6) is 4.75. The Kier molecular flexibility index (Phi) is 8.06. The van der Waals surface area contributed by atoms with Crippen molar-refractivity contribution >= 4 is 10.8 Å². The molecule has 8 aromatic rings. The average Bonchev–Trinajstić information content (AvgIpc) is 3.55. The van der Waals surface area contributed by atoms with Crippen LogP contribution in [0.5, 0.6) is 0 Å². The van der Waals surface area contributed by atoms with Crippen molar-refractivity contribution in [3.8, 4) is 67.5 Å². The number of aromatic nitrogens is 3. The van der Waals surface area contributed by atoms with Crippen LogP contribution in [0.1, 0.15) is 50.7 Å². The zero-order valence-corrected chi connectivity index (χ0v) is 32.6. The fourth-order valence-corrected chi connectivity index (χ4v) is 11.3. The van der Waals surface area contributed by atoms with E-state index in [2.05, 4.69) is 178 Å². The Morgan fingerprint density at radius 1 is 0.421 bits per heavy atom. The molecule has 1 heterocycles. The van der Waals surface area contributed by atoms with Gasteiger partial charge in [-0.2, -0.15) is 0 Å². The summed E-state index contributed by atoms with van der Waals surface area (Å²) < 4.78 is 0. The molecular weight excluding hydrogens is 691 g/mol. The molecule has 7 aromatic carbocycles. The smallest absolute Gasteiger partial charge is 0.164 e. The molecule has 276 valence electrons. The average molecular weight is 736 g/mol. The quantitative estimate of drug-likeness (QED) is 0.177. The van der Waals surface area contributed by atoms with Crippen LogP contribution < -0.4 is 0 Å². The van der Waals surface area contributed by atoms with E-state index in [-0.39, 0.29) is 5.41 Å². The summed E-state index contributed by atoms with van der Waals surface area (Å²) in [4.78, 5) is 16.1. The third kappa shape index (κ3) is 5.58. The highest BCUT2D eigenvalue weighted by molar-refractivity contribution is 5.98. The molecular formula is C54H45N3. The summed E-state index contributed by atoms with van der Waals surface area (Å²) in [6.07, 6.45) is 5.21. The number of benzene rings is 7. The molecule has 1 spiro atoms. The Hall–Kier alpha value is -6.19. The number of rotatable bonds is 5. The summed E-state index contributed by atoms with van der Waals surface area (Å²) in [6, 6.07) is 59.3. The van der Waals surface area contributed by atoms with Crippen molar-refractivity contribution in [2.45, 2.75) is 44.9 Å². The Morgan fingerprint density at radius 2 is 1.00 bits per heavy atom. The fourth-order valence-electron chi connectivity index (χ4n) is 11.3. The van der Waals surface area contributed by atoms with Gasteiger partial charge < -0.3 is 0 Å². The first kappa shape index (κ1) is 34.1. The number of fused-ring (bicyclic) bond motifs is 9. The lowest BCUT2D eigenvalue weighted by molar-refractivity contribution is 0.0427. The number of nitrogens with zero attached hydrogens (tertiary/aromatic N) is 3. The second kappa shape index (κ2) is 13.5. The Balaban J connectivity index is 1.14. The third-order valence-electron chi connectivity index (χ3n) is 13.6. The van der Waals surface area contributed by atoms with Gasteiger partial charge in [0.2, 0.25) is 0 Å². The van der Waals surface area contributed by atoms with Crippen molar-refractivity contribution in [1.82, 2.24) is 15.0 Å². The SMILES string of the molecule is CC1CC2CC(C)C3(c4cc5ccccc5cc4-c4c(-c5nc(-c6ccc(-c7ccccc7)cc6)nc(-c6cccc(-c7ccccc7)c6)n5)cccc43)C(C1)C2. The van der Waals surface area contributed by atoms with Crippen LogP contribution in [0.2, 0.25) is 0 Å². The van der Waals surface area contributed by atoms with Gasteiger partial charge in [0.25, 0.3) is 0 Å². The maximum atomic E-state index is 5.42. The molecule has 3 aliphatic carbocycles. The predicted octanol–water partition coefficient (Wildman–Crippen LogP) is 13.7. The minimum atomic E-state index is -0.0497. The zero-order valence-electron chi connectivity index (χ0n) is 32.6. The maximum absolute atomic E-state index is 5.42. The first-order chi connectivity index (χ1) is 28.0. The molecule has 2 bridgehead atoms. The van der Waals surface area contributed by atoms with Gasteiger partial charge >= 0.3 is 0 Å². The fraction of sp³-hybridized carbons (Fsp3) is 0.204. The highest BCUT2D eigenvalue weighted by Crippen LogP contribution is 2.66. The molecule has 2 fully saturated rings. The molecule has 0 radical (unpaired) electrons. The zero-order chi connectivity index (χ0) is 38.1. The van der Waals surface area contributed by atoms with Crippen LogP contribution in [0.3, 0.4) is 0 Å². The predicted molar refractivity (Wildman–Crippen MR) is 235 cm³/mol. The van der Waals surface area contributed by atoms with Crippen LogP contribution in [0.4, 0.5) is 0 Å². The van der Waals surface area contributed by atoms with Gasteiger partial charge in [-0.15, -0.1) is 0 Å². The van der Waals surface area contributed by atoms with Crippen molar-refractivity contribution in [3.63, 3.8) is 0 Å². The molecule has 5 unspecified atom stereocenters. The van der Waals surface area contributed by atoms with E-state index in [1.54, 1.807) is 0 Å². The van der Waals surface area contributed by atoms with E-state index in [0.717, 1.165) is 39.9 Å². The summed E-state index contributed by atoms with van der Waals surface area (Å²) >= 11 is 0. The second-order valence-electron chi connectivity index (χ2n) is 17.1. The minimum Gasteiger partial charge on any atom is -0.208 e. The third-order valence-corrected chi connectivity index (χ3v) is 13.6. The molecule has 1 aromatic heterocycles. The van der Waals surface area contributed by atoms with E-state index in [1.165, 1.54) is 75.4 Å². The van der Waals surface area contributed by atoms with Gasteiger partial charge in [-0.25, -0.2) is 15.0 Å². The lowest BCUT2D eigenvalue weighted by Gasteiger charge is -2.54. The van der Waals surface area contributed by atoms with Gasteiger partial charge in [0, 0.05) is 22.1 Å². The minimum absolute atomic E-state index is 0.0497. The van der Waals surface area contributed by atoms with Gasteiger partial charge in [-0.3, -0.25) is 0 Å². The van der Waals surface area contributed by atoms with Gasteiger partial charge in [0.05, 0.1) is 0 Å². The van der Waals surface area contributed by atoms with Crippen molar-refractivity contribution in [1.29, 1.82) is 0 Å². The summed E-state index contributed by atoms with van der Waals surface area (Å²) in [7, 11) is 0. The highest BCUT2D eigenvalue weighted by Gasteiger charge is 2.57. The van der Waals surface area contributed by atoms with Crippen molar-refractivity contribution in [2.75, 3.05) is 0 Å². The van der Waals surface area contributed by atoms with Crippen LogP contribution in [-0.4, -0.2) is 15.0 Å². The topological polar surface area (TPSA) is 38.7 Å². The molecule has 0 N–H and O–H groups in total. The van der Waals surface area contributed by atoms with E-state index < -0.39 is 0 Å². The Bertz CT molecular complexity index is 2790. The first-order valence-corrected chi connectivity index (χ1v) is 20.8. The molecule has 5 atom stereocenters. The molecule has 57 heavy (non-hydrogen) atoms. The summed E-state index contributed by atoms with van der Waals surface area (Å²) in [6.45, 7) is 5.04. The van der Waals surface area contributed by atoms with E-state index in [1.807, 2.05) is 0 Å². The van der Waals surface area contributed by atoms with Crippen molar-refractivity contribution in [2.24, 2.45) is 23.7 Å². The Labute approximate surface area is 335 Å². The molecule has 3 nitrogen and oxygen atoms in total. The first-order valence-electron chi connectivity index (χ1n) is 20.8. The summed E-state index contributed by atoms with van der Waals surface area (Å²) in [5, 5.41) is 2.60. The van der Waals surface area contributed by atoms with Crippen LogP contribution in [0.25, 0.3) is 78.3 Å². The monoisotopic (exact) mass is 735 g/mol. The molecule has 3 heteroatoms. The number of hydrogen-bond acceptors (Lipinski definition) is 3.